The number of imide groups is 1. The average Bonchev–Trinajstić information content (AvgIpc) is 3.55. The van der Waals surface area contributed by atoms with Crippen molar-refractivity contribution in [3.8, 4) is 28.1 Å². The molecule has 1 aliphatic rings. The van der Waals surface area contributed by atoms with Gasteiger partial charge in [-0.3, -0.25) is 29.1 Å². The number of hydrogen-bond donors (Lipinski definition) is 4. The number of anilines is 3. The fraction of sp³-hybridized carbons (Fsp3) is 0.292. The first-order valence-corrected chi connectivity index (χ1v) is 21.5. The van der Waals surface area contributed by atoms with Crippen molar-refractivity contribution in [2.45, 2.75) is 70.3 Å². The molecule has 0 aliphatic carbocycles. The first-order valence-electron chi connectivity index (χ1n) is 21.1. The quantitative estimate of drug-likeness (QED) is 0.0265. The molecule has 14 nitrogen and oxygen atoms in total. The molecule has 1 unspecified atom stereocenters. The average molecular weight is 871 g/mol. The lowest BCUT2D eigenvalue weighted by atomic mass is 10.0. The number of ether oxygens (including phenoxy) is 1. The topological polar surface area (TPSA) is 185 Å². The van der Waals surface area contributed by atoms with E-state index in [1.807, 2.05) is 42.5 Å². The van der Waals surface area contributed by atoms with Crippen LogP contribution in [0.15, 0.2) is 110 Å². The van der Waals surface area contributed by atoms with Gasteiger partial charge < -0.3 is 30.8 Å². The first kappa shape index (κ1) is 45.6. The lowest BCUT2D eigenvalue weighted by molar-refractivity contribution is -0.123. The second-order valence-electron chi connectivity index (χ2n) is 15.0. The molecule has 63 heavy (non-hydrogen) atoms. The summed E-state index contributed by atoms with van der Waals surface area (Å²) >= 11 is 6.53. The van der Waals surface area contributed by atoms with Gasteiger partial charge in [-0.05, 0) is 54.7 Å². The summed E-state index contributed by atoms with van der Waals surface area (Å²) in [6, 6.07) is 23.8. The summed E-state index contributed by atoms with van der Waals surface area (Å²) in [7, 11) is 1.63. The minimum absolute atomic E-state index is 0.0914. The Labute approximate surface area is 371 Å². The van der Waals surface area contributed by atoms with Crippen LogP contribution >= 0.6 is 11.6 Å². The Morgan fingerprint density at radius 3 is 2.32 bits per heavy atom. The van der Waals surface area contributed by atoms with Gasteiger partial charge in [-0.2, -0.15) is 0 Å². The normalized spacial score (nSPS) is 12.3. The Bertz CT molecular complexity index is 2430. The minimum atomic E-state index is -0.711. The molecule has 4 amide bonds. The Hall–Kier alpha value is -6.93. The zero-order chi connectivity index (χ0) is 44.6. The number of carbonyl (C=O) groups excluding carboxylic acids is 5. The Morgan fingerprint density at radius 1 is 0.825 bits per heavy atom. The number of nitrogens with one attached hydrogen (secondary N) is 4. The number of halogens is 1. The molecule has 1 atom stereocenters. The maximum absolute atomic E-state index is 13.4. The third-order valence-electron chi connectivity index (χ3n) is 10.5. The summed E-state index contributed by atoms with van der Waals surface area (Å²) < 4.78 is 5.72. The largest absolute Gasteiger partial charge is 0.483 e. The van der Waals surface area contributed by atoms with Crippen LogP contribution in [0.25, 0.3) is 22.4 Å². The van der Waals surface area contributed by atoms with E-state index in [-0.39, 0.29) is 48.1 Å². The highest BCUT2D eigenvalue weighted by Gasteiger charge is 2.42. The first-order chi connectivity index (χ1) is 30.7. The molecule has 2 aromatic heterocycles. The van der Waals surface area contributed by atoms with Gasteiger partial charge in [0, 0.05) is 37.7 Å². The highest BCUT2D eigenvalue weighted by molar-refractivity contribution is 6.33. The van der Waals surface area contributed by atoms with Crippen LogP contribution in [-0.2, 0) is 14.4 Å². The van der Waals surface area contributed by atoms with E-state index in [2.05, 4.69) is 54.9 Å². The molecule has 0 radical (unpaired) electrons. The molecule has 3 heterocycles. The van der Waals surface area contributed by atoms with Crippen molar-refractivity contribution >= 4 is 58.8 Å². The number of hydrogen-bond acceptors (Lipinski definition) is 11. The number of pyridine rings is 1. The van der Waals surface area contributed by atoms with Gasteiger partial charge in [0.15, 0.2) is 6.61 Å². The lowest BCUT2D eigenvalue weighted by Gasteiger charge is -2.27. The molecule has 0 saturated heterocycles. The fourth-order valence-corrected chi connectivity index (χ4v) is 7.48. The molecule has 3 aromatic carbocycles. The smallest absolute Gasteiger partial charge is 0.265 e. The van der Waals surface area contributed by atoms with Gasteiger partial charge in [0.2, 0.25) is 11.9 Å². The van der Waals surface area contributed by atoms with Crippen molar-refractivity contribution in [3.05, 3.63) is 126 Å². The van der Waals surface area contributed by atoms with Crippen LogP contribution in [0.1, 0.15) is 84.9 Å². The monoisotopic (exact) mass is 870 g/mol. The van der Waals surface area contributed by atoms with E-state index < -0.39 is 17.9 Å². The van der Waals surface area contributed by atoms with Crippen molar-refractivity contribution < 1.29 is 28.7 Å². The minimum Gasteiger partial charge on any atom is -0.483 e. The lowest BCUT2D eigenvalue weighted by Crippen LogP contribution is -2.43. The van der Waals surface area contributed by atoms with Crippen molar-refractivity contribution in [2.75, 3.05) is 30.8 Å². The number of carbonyl (C=O) groups is 5. The molecule has 15 heteroatoms. The van der Waals surface area contributed by atoms with Crippen molar-refractivity contribution in [1.82, 2.24) is 30.5 Å². The summed E-state index contributed by atoms with van der Waals surface area (Å²) in [5.74, 6) is -1.00. The van der Waals surface area contributed by atoms with Crippen LogP contribution in [0.2, 0.25) is 5.02 Å². The molecule has 6 rings (SSSR count). The van der Waals surface area contributed by atoms with Crippen molar-refractivity contribution in [2.24, 2.45) is 0 Å². The molecule has 0 saturated carbocycles. The van der Waals surface area contributed by atoms with E-state index in [1.54, 1.807) is 49.9 Å². The van der Waals surface area contributed by atoms with Gasteiger partial charge in [-0.25, -0.2) is 9.97 Å². The molecule has 4 N–H and O–H groups in total. The third-order valence-corrected chi connectivity index (χ3v) is 10.8. The summed E-state index contributed by atoms with van der Waals surface area (Å²) in [5, 5.41) is 12.3. The van der Waals surface area contributed by atoms with Gasteiger partial charge in [-0.15, -0.1) is 0 Å². The number of unbranched alkanes of at least 4 members (excludes halogenated alkanes) is 6. The number of aromatic nitrogens is 3. The number of nitrogens with zero attached hydrogens (tertiary/aromatic N) is 4. The maximum Gasteiger partial charge on any atom is 0.265 e. The van der Waals surface area contributed by atoms with Crippen LogP contribution in [0, 0.1) is 0 Å². The second kappa shape index (κ2) is 22.8. The third kappa shape index (κ3) is 12.3. The van der Waals surface area contributed by atoms with Gasteiger partial charge in [-0.1, -0.05) is 105 Å². The Kier molecular flexibility index (Phi) is 16.5. The molecular weight excluding hydrogens is 820 g/mol. The highest BCUT2D eigenvalue weighted by atomic mass is 35.5. The summed E-state index contributed by atoms with van der Waals surface area (Å²) in [6.07, 6.45) is 12.7. The maximum atomic E-state index is 13.4. The van der Waals surface area contributed by atoms with E-state index in [9.17, 15) is 24.0 Å². The van der Waals surface area contributed by atoms with Gasteiger partial charge in [0.1, 0.15) is 12.0 Å². The highest BCUT2D eigenvalue weighted by Crippen LogP contribution is 2.34. The van der Waals surface area contributed by atoms with E-state index >= 15 is 0 Å². The van der Waals surface area contributed by atoms with E-state index in [1.165, 1.54) is 0 Å². The number of rotatable bonds is 24. The Balaban J connectivity index is 0.848. The van der Waals surface area contributed by atoms with Crippen LogP contribution in [0.5, 0.6) is 5.75 Å². The zero-order valence-electron chi connectivity index (χ0n) is 35.2. The number of fused-ring (bicyclic) bond motifs is 1. The molecule has 0 fully saturated rings. The fourth-order valence-electron chi connectivity index (χ4n) is 7.28. The number of likely N-dealkylation sites (N-methyl/N-ethyl adjacent to an activating group) is 1. The van der Waals surface area contributed by atoms with Crippen LogP contribution < -0.4 is 26.0 Å². The van der Waals surface area contributed by atoms with Crippen LogP contribution in [-0.4, -0.2) is 76.0 Å². The van der Waals surface area contributed by atoms with E-state index in [4.69, 9.17) is 16.3 Å². The molecule has 0 spiro atoms. The standard InChI is InChI=1S/C48H51ClN8O6/c1-32(50-2)40(21-15-25-58)57-46(61)38-20-14-22-41(44(38)47(57)62)63-31-43(60)52-24-12-7-5-3-4-6-11-23-42(59)54-36-27-37(29-51-28-36)55-48-53-30-39(49)45(56-48)35-19-13-18-34(26-35)33-16-9-8-10-17-33/h8-10,13-14,16-20,22,25-30,40,50H,1,3-7,11-12,15,21,23-24,31H2,2H3,(H,52,60)(H,54,59)(H,53,55,56). The molecular formula is C48H51ClN8O6. The second-order valence-corrected chi connectivity index (χ2v) is 15.4. The van der Waals surface area contributed by atoms with E-state index in [0.717, 1.165) is 72.8 Å². The zero-order valence-corrected chi connectivity index (χ0v) is 36.0. The Morgan fingerprint density at radius 2 is 1.54 bits per heavy atom. The molecule has 5 aromatic rings. The van der Waals surface area contributed by atoms with Crippen molar-refractivity contribution in [1.29, 1.82) is 0 Å². The predicted octanol–water partition coefficient (Wildman–Crippen LogP) is 8.53. The molecule has 326 valence electrons. The summed E-state index contributed by atoms with van der Waals surface area (Å²) in [6.45, 7) is 4.08. The van der Waals surface area contributed by atoms with Gasteiger partial charge in [0.05, 0.1) is 57.9 Å². The summed E-state index contributed by atoms with van der Waals surface area (Å²) in [5.41, 5.74) is 5.46. The number of amides is 4. The van der Waals surface area contributed by atoms with Crippen LogP contribution in [0.4, 0.5) is 17.3 Å². The van der Waals surface area contributed by atoms with Crippen LogP contribution in [0.3, 0.4) is 0 Å². The van der Waals surface area contributed by atoms with Gasteiger partial charge >= 0.3 is 0 Å². The SMILES string of the molecule is C=C(NC)C(CCC=O)N1C(=O)c2cccc(OCC(=O)NCCCCCCCCCC(=O)Nc3cncc(Nc4ncc(Cl)c(-c5cccc(-c6ccccc6)c5)n4)c3)c2C1=O. The van der Waals surface area contributed by atoms with E-state index in [0.29, 0.717) is 46.7 Å². The van der Waals surface area contributed by atoms with Gasteiger partial charge in [0.25, 0.3) is 17.7 Å². The summed E-state index contributed by atoms with van der Waals surface area (Å²) in [4.78, 5) is 77.4. The molecule has 1 aliphatic heterocycles. The van der Waals surface area contributed by atoms with Crippen molar-refractivity contribution in [3.63, 3.8) is 0 Å². The number of benzene rings is 3. The molecule has 0 bridgehead atoms. The number of aldehydes is 1. The predicted molar refractivity (Wildman–Crippen MR) is 244 cm³/mol.